The maximum atomic E-state index is 13.4. The molecule has 3 aliphatic heterocycles. The maximum Gasteiger partial charge on any atom is 0.247 e. The monoisotopic (exact) mass is 352 g/mol. The van der Waals surface area contributed by atoms with Crippen LogP contribution in [0.3, 0.4) is 0 Å². The zero-order valence-corrected chi connectivity index (χ0v) is 14.9. The van der Waals surface area contributed by atoms with E-state index in [-0.39, 0.29) is 22.6 Å². The number of sulfonamides is 1. The molecule has 24 heavy (non-hydrogen) atoms. The van der Waals surface area contributed by atoms with Crippen LogP contribution in [0.25, 0.3) is 0 Å². The van der Waals surface area contributed by atoms with Crippen molar-refractivity contribution in [2.24, 2.45) is 0 Å². The number of para-hydroxylation sites is 1. The van der Waals surface area contributed by atoms with E-state index in [9.17, 15) is 8.42 Å². The third-order valence-electron chi connectivity index (χ3n) is 5.04. The Kier molecular flexibility index (Phi) is 3.87. The summed E-state index contributed by atoms with van der Waals surface area (Å²) in [5.41, 5.74) is 0.598. The highest BCUT2D eigenvalue weighted by Crippen LogP contribution is 2.41. The molecule has 4 rings (SSSR count). The molecule has 7 heteroatoms. The van der Waals surface area contributed by atoms with E-state index in [1.807, 2.05) is 26.0 Å². The zero-order chi connectivity index (χ0) is 16.9. The van der Waals surface area contributed by atoms with E-state index < -0.39 is 10.0 Å². The van der Waals surface area contributed by atoms with Gasteiger partial charge in [0.25, 0.3) is 0 Å². The minimum Gasteiger partial charge on any atom is -0.486 e. The Morgan fingerprint density at radius 1 is 1.33 bits per heavy atom. The van der Waals surface area contributed by atoms with E-state index in [1.54, 1.807) is 10.4 Å². The molecule has 1 N–H and O–H groups in total. The van der Waals surface area contributed by atoms with Crippen LogP contribution < -0.4 is 10.1 Å². The van der Waals surface area contributed by atoms with Gasteiger partial charge in [-0.3, -0.25) is 0 Å². The second-order valence-electron chi connectivity index (χ2n) is 7.37. The summed E-state index contributed by atoms with van der Waals surface area (Å²) < 4.78 is 40.1. The number of hydrogen-bond acceptors (Lipinski definition) is 5. The van der Waals surface area contributed by atoms with Crippen molar-refractivity contribution in [2.45, 2.75) is 49.3 Å². The Morgan fingerprint density at radius 2 is 2.17 bits per heavy atom. The normalized spacial score (nSPS) is 29.6. The van der Waals surface area contributed by atoms with Crippen molar-refractivity contribution >= 4 is 10.0 Å². The van der Waals surface area contributed by atoms with Crippen LogP contribution in [0.2, 0.25) is 0 Å². The predicted molar refractivity (Wildman–Crippen MR) is 89.8 cm³/mol. The molecule has 0 aliphatic carbocycles. The molecule has 132 valence electrons. The Labute approximate surface area is 143 Å². The number of fused-ring (bicyclic) bond motifs is 2. The van der Waals surface area contributed by atoms with Crippen molar-refractivity contribution < 1.29 is 17.9 Å². The second kappa shape index (κ2) is 5.69. The fourth-order valence-corrected chi connectivity index (χ4v) is 5.77. The van der Waals surface area contributed by atoms with Crippen LogP contribution in [0.15, 0.2) is 23.1 Å². The molecule has 2 fully saturated rings. The number of rotatable bonds is 2. The number of nitrogens with one attached hydrogen (secondary N) is 1. The van der Waals surface area contributed by atoms with Gasteiger partial charge in [0.1, 0.15) is 16.2 Å². The molecule has 0 unspecified atom stereocenters. The van der Waals surface area contributed by atoms with Gasteiger partial charge in [-0.15, -0.1) is 0 Å². The van der Waals surface area contributed by atoms with Crippen LogP contribution in [0.5, 0.6) is 5.75 Å². The van der Waals surface area contributed by atoms with Gasteiger partial charge in [-0.1, -0.05) is 12.1 Å². The minimum atomic E-state index is -3.62. The van der Waals surface area contributed by atoms with Crippen molar-refractivity contribution in [3.8, 4) is 5.75 Å². The lowest BCUT2D eigenvalue weighted by Gasteiger charge is -2.43. The molecule has 0 spiro atoms. The standard InChI is InChI=1S/C17H24N2O4S/c1-17(2)10-12-4-3-5-15(16(12)23-17)24(20,21)19-8-9-22-14-6-7-18-11-13(14)19/h3-5,13-14,18H,6-11H2,1-2H3/t13-,14+/m0/s1. The van der Waals surface area contributed by atoms with Crippen molar-refractivity contribution in [2.75, 3.05) is 26.2 Å². The maximum absolute atomic E-state index is 13.4. The summed E-state index contributed by atoms with van der Waals surface area (Å²) in [5.74, 6) is 0.523. The first-order valence-corrected chi connectivity index (χ1v) is 9.98. The molecule has 0 amide bonds. The first-order chi connectivity index (χ1) is 11.4. The van der Waals surface area contributed by atoms with Crippen LogP contribution in [-0.4, -0.2) is 56.7 Å². The first kappa shape index (κ1) is 16.3. The van der Waals surface area contributed by atoms with Gasteiger partial charge in [0.2, 0.25) is 10.0 Å². The van der Waals surface area contributed by atoms with Gasteiger partial charge in [0, 0.05) is 19.5 Å². The quantitative estimate of drug-likeness (QED) is 0.865. The van der Waals surface area contributed by atoms with E-state index in [2.05, 4.69) is 5.32 Å². The molecule has 3 heterocycles. The molecular formula is C17H24N2O4S. The highest BCUT2D eigenvalue weighted by molar-refractivity contribution is 7.89. The van der Waals surface area contributed by atoms with Crippen LogP contribution in [0.4, 0.5) is 0 Å². The molecule has 6 nitrogen and oxygen atoms in total. The fraction of sp³-hybridized carbons (Fsp3) is 0.647. The fourth-order valence-electron chi connectivity index (χ4n) is 3.97. The molecule has 2 atom stereocenters. The van der Waals surface area contributed by atoms with Gasteiger partial charge in [-0.2, -0.15) is 4.31 Å². The molecule has 0 aromatic heterocycles. The molecule has 0 bridgehead atoms. The lowest BCUT2D eigenvalue weighted by atomic mass is 10.0. The second-order valence-corrected chi connectivity index (χ2v) is 9.23. The highest BCUT2D eigenvalue weighted by atomic mass is 32.2. The van der Waals surface area contributed by atoms with Gasteiger partial charge in [-0.05, 0) is 38.4 Å². The van der Waals surface area contributed by atoms with Gasteiger partial charge >= 0.3 is 0 Å². The van der Waals surface area contributed by atoms with Gasteiger partial charge in [0.15, 0.2) is 0 Å². The summed E-state index contributed by atoms with van der Waals surface area (Å²) >= 11 is 0. The third kappa shape index (κ3) is 2.63. The van der Waals surface area contributed by atoms with E-state index in [4.69, 9.17) is 9.47 Å². The summed E-state index contributed by atoms with van der Waals surface area (Å²) in [6.07, 6.45) is 1.54. The average molecular weight is 352 g/mol. The Hall–Kier alpha value is -1.15. The van der Waals surface area contributed by atoms with Crippen molar-refractivity contribution in [1.29, 1.82) is 0 Å². The van der Waals surface area contributed by atoms with E-state index in [1.165, 1.54) is 0 Å². The third-order valence-corrected chi connectivity index (χ3v) is 6.99. The van der Waals surface area contributed by atoms with Crippen molar-refractivity contribution in [3.05, 3.63) is 23.8 Å². The largest absolute Gasteiger partial charge is 0.486 e. The summed E-state index contributed by atoms with van der Waals surface area (Å²) in [7, 11) is -3.62. The Balaban J connectivity index is 1.73. The number of morpholine rings is 1. The van der Waals surface area contributed by atoms with Gasteiger partial charge < -0.3 is 14.8 Å². The molecular weight excluding hydrogens is 328 g/mol. The number of ether oxygens (including phenoxy) is 2. The lowest BCUT2D eigenvalue weighted by Crippen LogP contribution is -2.60. The molecule has 0 saturated carbocycles. The summed E-state index contributed by atoms with van der Waals surface area (Å²) in [6.45, 7) is 6.30. The van der Waals surface area contributed by atoms with Crippen molar-refractivity contribution in [1.82, 2.24) is 9.62 Å². The SMILES string of the molecule is CC1(C)Cc2cccc(S(=O)(=O)N3CCO[C@@H]4CCNC[C@@H]43)c2O1. The number of benzene rings is 1. The van der Waals surface area contributed by atoms with E-state index in [0.717, 1.165) is 24.9 Å². The van der Waals surface area contributed by atoms with Crippen LogP contribution in [-0.2, 0) is 21.2 Å². The predicted octanol–water partition coefficient (Wildman–Crippen LogP) is 1.15. The van der Waals surface area contributed by atoms with E-state index >= 15 is 0 Å². The van der Waals surface area contributed by atoms with Gasteiger partial charge in [0.05, 0.1) is 18.8 Å². The summed E-state index contributed by atoms with van der Waals surface area (Å²) in [6, 6.07) is 5.28. The molecule has 1 aromatic rings. The number of nitrogens with zero attached hydrogens (tertiary/aromatic N) is 1. The summed E-state index contributed by atoms with van der Waals surface area (Å²) in [4.78, 5) is 0.289. The highest BCUT2D eigenvalue weighted by Gasteiger charge is 2.43. The first-order valence-electron chi connectivity index (χ1n) is 8.54. The summed E-state index contributed by atoms with van der Waals surface area (Å²) in [5, 5.41) is 3.29. The lowest BCUT2D eigenvalue weighted by molar-refractivity contribution is -0.0529. The molecule has 1 aromatic carbocycles. The number of hydrogen-bond donors (Lipinski definition) is 1. The topological polar surface area (TPSA) is 67.9 Å². The minimum absolute atomic E-state index is 0.0242. The average Bonchev–Trinajstić information content (AvgIpc) is 2.87. The molecule has 0 radical (unpaired) electrons. The van der Waals surface area contributed by atoms with E-state index in [0.29, 0.717) is 25.4 Å². The molecule has 2 saturated heterocycles. The van der Waals surface area contributed by atoms with Crippen molar-refractivity contribution in [3.63, 3.8) is 0 Å². The Morgan fingerprint density at radius 3 is 3.00 bits per heavy atom. The van der Waals surface area contributed by atoms with Crippen LogP contribution in [0, 0.1) is 0 Å². The van der Waals surface area contributed by atoms with Gasteiger partial charge in [-0.25, -0.2) is 8.42 Å². The number of piperidine rings is 1. The smallest absolute Gasteiger partial charge is 0.247 e. The zero-order valence-electron chi connectivity index (χ0n) is 14.1. The molecule has 3 aliphatic rings. The Bertz CT molecular complexity index is 745. The van der Waals surface area contributed by atoms with Crippen LogP contribution in [0.1, 0.15) is 25.8 Å². The van der Waals surface area contributed by atoms with Crippen LogP contribution >= 0.6 is 0 Å².